The van der Waals surface area contributed by atoms with E-state index in [1.165, 1.54) is 31.1 Å². The number of ether oxygens (including phenoxy) is 2. The van der Waals surface area contributed by atoms with E-state index in [-0.39, 0.29) is 11.6 Å². The van der Waals surface area contributed by atoms with Gasteiger partial charge in [-0.15, -0.1) is 11.3 Å². The number of nitrogens with zero attached hydrogens (tertiary/aromatic N) is 1. The smallest absolute Gasteiger partial charge is 0.343 e. The largest absolute Gasteiger partial charge is 0.492 e. The molecule has 0 radical (unpaired) electrons. The highest BCUT2D eigenvalue weighted by Gasteiger charge is 2.23. The van der Waals surface area contributed by atoms with Crippen LogP contribution in [0.2, 0.25) is 0 Å². The normalized spacial score (nSPS) is 13.2. The monoisotopic (exact) mass is 589 g/mol. The van der Waals surface area contributed by atoms with Crippen molar-refractivity contribution in [3.05, 3.63) is 119 Å². The Morgan fingerprint density at radius 3 is 2.14 bits per heavy atom. The highest BCUT2D eigenvalue weighted by Crippen LogP contribution is 2.41. The molecule has 0 saturated carbocycles. The van der Waals surface area contributed by atoms with Gasteiger partial charge < -0.3 is 9.47 Å². The zero-order chi connectivity index (χ0) is 29.8. The first-order chi connectivity index (χ1) is 21.0. The second kappa shape index (κ2) is 12.7. The third-order valence-corrected chi connectivity index (χ3v) is 8.85. The Hall–Kier alpha value is -4.59. The second-order valence-electron chi connectivity index (χ2n) is 10.6. The summed E-state index contributed by atoms with van der Waals surface area (Å²) < 4.78 is 12.3. The van der Waals surface area contributed by atoms with Gasteiger partial charge in [0.05, 0.1) is 5.56 Å². The van der Waals surface area contributed by atoms with Crippen LogP contribution in [0.5, 0.6) is 11.5 Å². The van der Waals surface area contributed by atoms with E-state index in [4.69, 9.17) is 9.47 Å². The lowest BCUT2D eigenvalue weighted by Crippen LogP contribution is -2.25. The summed E-state index contributed by atoms with van der Waals surface area (Å²) in [6.45, 7) is 5.30. The molecular formula is C36H31NO5S. The maximum absolute atomic E-state index is 14.0. The number of likely N-dealkylation sites (tertiary alicyclic amines) is 1. The Morgan fingerprint density at radius 1 is 0.767 bits per heavy atom. The SMILES string of the molecule is CC(=O)c1ccc2c(C(=O)c3ccc(OCCN4CCCC4)cc3)c(-c3ccc(OC(=O)c4ccccc4)cc3)sc2c1. The van der Waals surface area contributed by atoms with Gasteiger partial charge in [0, 0.05) is 38.2 Å². The number of benzene rings is 4. The van der Waals surface area contributed by atoms with Crippen LogP contribution in [-0.4, -0.2) is 48.7 Å². The highest BCUT2D eigenvalue weighted by atomic mass is 32.1. The summed E-state index contributed by atoms with van der Waals surface area (Å²) in [7, 11) is 0. The third-order valence-electron chi connectivity index (χ3n) is 7.65. The zero-order valence-corrected chi connectivity index (χ0v) is 24.7. The number of carbonyl (C=O) groups excluding carboxylic acids is 3. The number of hydrogen-bond acceptors (Lipinski definition) is 7. The fourth-order valence-corrected chi connectivity index (χ4v) is 6.55. The summed E-state index contributed by atoms with van der Waals surface area (Å²) in [4.78, 5) is 41.8. The third kappa shape index (κ3) is 6.43. The molecule has 0 aliphatic carbocycles. The van der Waals surface area contributed by atoms with E-state index in [2.05, 4.69) is 4.90 Å². The number of thiophene rings is 1. The van der Waals surface area contributed by atoms with Crippen molar-refractivity contribution in [2.75, 3.05) is 26.2 Å². The van der Waals surface area contributed by atoms with E-state index in [0.29, 0.717) is 34.6 Å². The Labute approximate surface area is 254 Å². The maximum Gasteiger partial charge on any atom is 0.343 e. The van der Waals surface area contributed by atoms with Gasteiger partial charge in [-0.25, -0.2) is 4.79 Å². The van der Waals surface area contributed by atoms with Crippen molar-refractivity contribution in [3.8, 4) is 21.9 Å². The summed E-state index contributed by atoms with van der Waals surface area (Å²) in [6.07, 6.45) is 2.50. The van der Waals surface area contributed by atoms with Crippen molar-refractivity contribution < 1.29 is 23.9 Å². The topological polar surface area (TPSA) is 72.9 Å². The summed E-state index contributed by atoms with van der Waals surface area (Å²) in [6, 6.07) is 28.7. The lowest BCUT2D eigenvalue weighted by atomic mass is 9.96. The molecule has 0 atom stereocenters. The van der Waals surface area contributed by atoms with Crippen LogP contribution in [0.15, 0.2) is 97.1 Å². The first-order valence-electron chi connectivity index (χ1n) is 14.4. The minimum absolute atomic E-state index is 0.0327. The number of hydrogen-bond donors (Lipinski definition) is 0. The van der Waals surface area contributed by atoms with Crippen molar-refractivity contribution in [1.29, 1.82) is 0 Å². The van der Waals surface area contributed by atoms with Crippen molar-refractivity contribution >= 4 is 39.0 Å². The molecule has 7 heteroatoms. The number of rotatable bonds is 10. The quantitative estimate of drug-likeness (QED) is 0.0945. The van der Waals surface area contributed by atoms with Gasteiger partial charge >= 0.3 is 5.97 Å². The molecule has 1 aliphatic rings. The lowest BCUT2D eigenvalue weighted by molar-refractivity contribution is 0.0734. The molecule has 0 bridgehead atoms. The Morgan fingerprint density at radius 2 is 1.44 bits per heavy atom. The average Bonchev–Trinajstić information content (AvgIpc) is 3.69. The second-order valence-corrected chi connectivity index (χ2v) is 11.7. The van der Waals surface area contributed by atoms with E-state index in [9.17, 15) is 14.4 Å². The molecule has 1 aromatic heterocycles. The summed E-state index contributed by atoms with van der Waals surface area (Å²) in [5.41, 5.74) is 3.00. The fourth-order valence-electron chi connectivity index (χ4n) is 5.30. The van der Waals surface area contributed by atoms with Crippen molar-refractivity contribution in [3.63, 3.8) is 0 Å². The lowest BCUT2D eigenvalue weighted by Gasteiger charge is -2.15. The number of fused-ring (bicyclic) bond motifs is 1. The van der Waals surface area contributed by atoms with Crippen LogP contribution in [0, 0.1) is 0 Å². The Balaban J connectivity index is 1.27. The molecule has 216 valence electrons. The van der Waals surface area contributed by atoms with Crippen LogP contribution in [0.1, 0.15) is 56.4 Å². The summed E-state index contributed by atoms with van der Waals surface area (Å²) >= 11 is 1.46. The molecule has 0 spiro atoms. The van der Waals surface area contributed by atoms with Crippen LogP contribution < -0.4 is 9.47 Å². The van der Waals surface area contributed by atoms with Gasteiger partial charge in [0.2, 0.25) is 0 Å². The van der Waals surface area contributed by atoms with E-state index in [1.54, 1.807) is 54.6 Å². The van der Waals surface area contributed by atoms with Gasteiger partial charge in [-0.3, -0.25) is 14.5 Å². The molecule has 0 amide bonds. The van der Waals surface area contributed by atoms with E-state index < -0.39 is 5.97 Å². The summed E-state index contributed by atoms with van der Waals surface area (Å²) in [5.74, 6) is 0.560. The van der Waals surface area contributed by atoms with Gasteiger partial charge in [0.15, 0.2) is 11.6 Å². The molecule has 6 nitrogen and oxygen atoms in total. The predicted molar refractivity (Wildman–Crippen MR) is 170 cm³/mol. The standard InChI is InChI=1S/C36H31NO5S/c1-24(38)28-13-18-31-32(23-28)43-35(26-11-16-30(17-12-26)42-36(40)27-7-3-2-4-8-27)33(31)34(39)25-9-14-29(15-10-25)41-22-21-37-19-5-6-20-37/h2-4,7-18,23H,5-6,19-22H2,1H3. The number of esters is 1. The molecule has 1 fully saturated rings. The number of ketones is 2. The van der Waals surface area contributed by atoms with Gasteiger partial charge in [-0.1, -0.05) is 30.3 Å². The van der Waals surface area contributed by atoms with E-state index in [1.807, 2.05) is 42.5 Å². The molecule has 43 heavy (non-hydrogen) atoms. The zero-order valence-electron chi connectivity index (χ0n) is 23.9. The van der Waals surface area contributed by atoms with Crippen LogP contribution in [0.4, 0.5) is 0 Å². The van der Waals surface area contributed by atoms with Crippen molar-refractivity contribution in [2.24, 2.45) is 0 Å². The van der Waals surface area contributed by atoms with Gasteiger partial charge in [0.1, 0.15) is 18.1 Å². The summed E-state index contributed by atoms with van der Waals surface area (Å²) in [5, 5.41) is 0.792. The molecule has 6 rings (SSSR count). The Kier molecular flexibility index (Phi) is 8.45. The fraction of sp³-hybridized carbons (Fsp3) is 0.194. The molecule has 0 N–H and O–H groups in total. The van der Waals surface area contributed by atoms with Crippen LogP contribution >= 0.6 is 11.3 Å². The molecule has 4 aromatic carbocycles. The molecular weight excluding hydrogens is 558 g/mol. The minimum atomic E-state index is -0.439. The van der Waals surface area contributed by atoms with E-state index >= 15 is 0 Å². The number of carbonyl (C=O) groups is 3. The van der Waals surface area contributed by atoms with Crippen LogP contribution in [0.3, 0.4) is 0 Å². The van der Waals surface area contributed by atoms with Gasteiger partial charge in [-0.2, -0.15) is 0 Å². The molecule has 0 unspecified atom stereocenters. The predicted octanol–water partition coefficient (Wildman–Crippen LogP) is 7.70. The number of Topliss-reactive ketones (excluding diaryl/α,β-unsaturated/α-hetero) is 1. The molecule has 2 heterocycles. The average molecular weight is 590 g/mol. The first kappa shape index (κ1) is 28.5. The molecule has 5 aromatic rings. The minimum Gasteiger partial charge on any atom is -0.492 e. The van der Waals surface area contributed by atoms with E-state index in [0.717, 1.165) is 45.9 Å². The van der Waals surface area contributed by atoms with Gasteiger partial charge in [0.25, 0.3) is 0 Å². The molecule has 1 aliphatic heterocycles. The van der Waals surface area contributed by atoms with Crippen molar-refractivity contribution in [1.82, 2.24) is 4.90 Å². The van der Waals surface area contributed by atoms with Crippen LogP contribution in [-0.2, 0) is 0 Å². The Bertz CT molecular complexity index is 1770. The molecule has 1 saturated heterocycles. The maximum atomic E-state index is 14.0. The van der Waals surface area contributed by atoms with Crippen LogP contribution in [0.25, 0.3) is 20.5 Å². The van der Waals surface area contributed by atoms with Crippen molar-refractivity contribution in [2.45, 2.75) is 19.8 Å². The van der Waals surface area contributed by atoms with Gasteiger partial charge in [-0.05, 0) is 105 Å². The first-order valence-corrected chi connectivity index (χ1v) is 15.2. The highest BCUT2D eigenvalue weighted by molar-refractivity contribution is 7.22.